The van der Waals surface area contributed by atoms with Crippen LogP contribution in [0.25, 0.3) is 6.08 Å². The third kappa shape index (κ3) is 8.83. The second kappa shape index (κ2) is 18.2. The number of benzene rings is 3. The molecule has 4 fully saturated rings. The van der Waals surface area contributed by atoms with E-state index in [1.807, 2.05) is 84.9 Å². The molecule has 0 unspecified atom stereocenters. The number of fused-ring (bicyclic) bond motifs is 4. The van der Waals surface area contributed by atoms with Crippen LogP contribution in [0.2, 0.25) is 0 Å². The molecule has 3 heterocycles. The van der Waals surface area contributed by atoms with Gasteiger partial charge in [-0.15, -0.1) is 0 Å². The number of aliphatic hydroxyl groups is 2. The van der Waals surface area contributed by atoms with Crippen molar-refractivity contribution < 1.29 is 57.9 Å². The summed E-state index contributed by atoms with van der Waals surface area (Å²) < 4.78 is 30.9. The zero-order valence-electron chi connectivity index (χ0n) is 34.0. The van der Waals surface area contributed by atoms with Gasteiger partial charge in [0.1, 0.15) is 42.0 Å². The van der Waals surface area contributed by atoms with Crippen LogP contribution in [0.15, 0.2) is 91.2 Å². The van der Waals surface area contributed by atoms with Gasteiger partial charge in [-0.1, -0.05) is 84.9 Å². The number of hydrogen-bond acceptors (Lipinski definition) is 13. The third-order valence-electron chi connectivity index (χ3n) is 11.2. The topological polar surface area (TPSA) is 191 Å². The van der Waals surface area contributed by atoms with Crippen LogP contribution < -0.4 is 10.6 Å². The molecule has 3 aromatic rings. The van der Waals surface area contributed by atoms with Crippen LogP contribution in [0.4, 0.5) is 0 Å². The molecule has 60 heavy (non-hydrogen) atoms. The molecule has 1 saturated carbocycles. The molecule has 0 aromatic heterocycles. The molecule has 0 radical (unpaired) electrons. The molecule has 4 aliphatic rings. The number of hydroxylamine groups is 2. The van der Waals surface area contributed by atoms with Gasteiger partial charge in [0, 0.05) is 36.9 Å². The maximum Gasteiger partial charge on any atom is 0.327 e. The van der Waals surface area contributed by atoms with E-state index in [0.717, 1.165) is 11.1 Å². The predicted octanol–water partition coefficient (Wildman–Crippen LogP) is 3.26. The number of carbonyl (C=O) groups excluding carboxylic acids is 4. The summed E-state index contributed by atoms with van der Waals surface area (Å²) in [5, 5.41) is 26.2. The molecule has 2 bridgehead atoms. The first kappa shape index (κ1) is 42.9. The molecule has 3 saturated heterocycles. The van der Waals surface area contributed by atoms with Crippen LogP contribution in [0.1, 0.15) is 68.7 Å². The number of aliphatic hydroxyl groups excluding tert-OH is 2. The summed E-state index contributed by atoms with van der Waals surface area (Å²) in [6, 6.07) is 24.4. The fraction of sp³-hybridized carbons (Fsp3) is 0.467. The maximum atomic E-state index is 14.9. The Balaban J connectivity index is 1.16. The van der Waals surface area contributed by atoms with Crippen LogP contribution in [0.5, 0.6) is 0 Å². The lowest BCUT2D eigenvalue weighted by molar-refractivity contribution is -0.213. The zero-order valence-corrected chi connectivity index (χ0v) is 34.0. The van der Waals surface area contributed by atoms with Crippen molar-refractivity contribution >= 4 is 29.8 Å². The van der Waals surface area contributed by atoms with Crippen LogP contribution in [-0.4, -0.2) is 107 Å². The largest absolute Gasteiger partial charge is 0.499 e. The Labute approximate surface area is 348 Å². The Hall–Kier alpha value is -5.16. The van der Waals surface area contributed by atoms with Gasteiger partial charge in [0.25, 0.3) is 0 Å². The van der Waals surface area contributed by atoms with Gasteiger partial charge in [0.2, 0.25) is 17.6 Å². The van der Waals surface area contributed by atoms with Crippen LogP contribution in [-0.2, 0) is 60.0 Å². The molecule has 1 aliphatic carbocycles. The van der Waals surface area contributed by atoms with E-state index in [2.05, 4.69) is 10.6 Å². The highest BCUT2D eigenvalue weighted by molar-refractivity contribution is 5.94. The standard InChI is InChI=1S/C45H53N3O12/c1-43(2,3)57-36(52)19-18-33(28-50)47-35(51)20-22-46-42(54)44-26-34-37-38(59-45(58-37,31-14-6-4-7-15-31)32-16-8-5-9-17-32)40(44)60-48(39(44)41(53)56-34)27-30-13-11-10-12-29(30)21-24-55-25-23-49/h4-17,21,24,33-34,37-40,49-50H,18-20,22-23,25-28H2,1-3H3,(H,46,54)(H,47,51)/t33-,34+,37-,38-,39-,40+,44-/m0/s1. The number of carbonyl (C=O) groups is 4. The van der Waals surface area contributed by atoms with Gasteiger partial charge in [-0.25, -0.2) is 0 Å². The fourth-order valence-electron chi connectivity index (χ4n) is 8.59. The van der Waals surface area contributed by atoms with Crippen molar-refractivity contribution in [2.75, 3.05) is 26.4 Å². The maximum absolute atomic E-state index is 14.9. The van der Waals surface area contributed by atoms with E-state index in [9.17, 15) is 24.3 Å². The lowest BCUT2D eigenvalue weighted by Crippen LogP contribution is -2.69. The quantitative estimate of drug-likeness (QED) is 0.0883. The molecule has 3 aromatic carbocycles. The molecule has 15 heteroatoms. The van der Waals surface area contributed by atoms with Gasteiger partial charge in [-0.05, 0) is 44.4 Å². The highest BCUT2D eigenvalue weighted by atomic mass is 16.8. The van der Waals surface area contributed by atoms with E-state index in [-0.39, 0.29) is 52.0 Å². The highest BCUT2D eigenvalue weighted by Gasteiger charge is 2.76. The summed E-state index contributed by atoms with van der Waals surface area (Å²) in [6.45, 7) is 4.84. The molecule has 0 spiro atoms. The minimum Gasteiger partial charge on any atom is -0.499 e. The van der Waals surface area contributed by atoms with E-state index < -0.39 is 83.7 Å². The van der Waals surface area contributed by atoms with Gasteiger partial charge in [-0.2, -0.15) is 5.06 Å². The van der Waals surface area contributed by atoms with Gasteiger partial charge in [-0.3, -0.25) is 24.0 Å². The van der Waals surface area contributed by atoms with E-state index in [1.165, 1.54) is 11.3 Å². The van der Waals surface area contributed by atoms with Gasteiger partial charge >= 0.3 is 11.9 Å². The Bertz CT molecular complexity index is 1980. The van der Waals surface area contributed by atoms with Gasteiger partial charge < -0.3 is 44.5 Å². The summed E-state index contributed by atoms with van der Waals surface area (Å²) in [7, 11) is 0. The van der Waals surface area contributed by atoms with E-state index >= 15 is 0 Å². The van der Waals surface area contributed by atoms with Crippen molar-refractivity contribution in [1.82, 2.24) is 15.7 Å². The second-order valence-electron chi connectivity index (χ2n) is 16.4. The van der Waals surface area contributed by atoms with Gasteiger partial charge in [0.15, 0.2) is 6.04 Å². The van der Waals surface area contributed by atoms with E-state index in [4.69, 9.17) is 33.6 Å². The number of hydrogen-bond donors (Lipinski definition) is 4. The summed E-state index contributed by atoms with van der Waals surface area (Å²) in [6.07, 6.45) is -0.312. The average Bonchev–Trinajstić information content (AvgIpc) is 3.81. The summed E-state index contributed by atoms with van der Waals surface area (Å²) in [5.74, 6) is -3.49. The molecule has 7 rings (SSSR count). The number of rotatable bonds is 17. The SMILES string of the molecule is CC(C)(C)OC(=O)CC[C@@H](CO)NC(=O)CCNC(=O)[C@@]12C[C@H]3OC(=O)[C@@H]1N(Cc1ccccc1C=COCCO)O[C@@H]2[C@H]1OC(c2ccccc2)(c2ccccc2)O[C@H]13. The van der Waals surface area contributed by atoms with E-state index in [1.54, 1.807) is 26.8 Å². The second-order valence-corrected chi connectivity index (χ2v) is 16.4. The Morgan fingerprint density at radius 3 is 2.27 bits per heavy atom. The lowest BCUT2D eigenvalue weighted by Gasteiger charge is -2.48. The van der Waals surface area contributed by atoms with Crippen molar-refractivity contribution in [2.45, 2.75) is 101 Å². The highest BCUT2D eigenvalue weighted by Crippen LogP contribution is 2.59. The molecule has 4 N–H and O–H groups in total. The van der Waals surface area contributed by atoms with E-state index in [0.29, 0.717) is 11.1 Å². The van der Waals surface area contributed by atoms with Crippen molar-refractivity contribution in [3.05, 3.63) is 113 Å². The first-order valence-corrected chi connectivity index (χ1v) is 20.4. The molecule has 3 aliphatic heterocycles. The fourth-order valence-corrected chi connectivity index (χ4v) is 8.59. The monoisotopic (exact) mass is 827 g/mol. The number of esters is 2. The number of nitrogens with one attached hydrogen (secondary N) is 2. The Morgan fingerprint density at radius 1 is 0.933 bits per heavy atom. The molecular formula is C45H53N3O12. The first-order valence-electron chi connectivity index (χ1n) is 20.4. The molecule has 320 valence electrons. The third-order valence-corrected chi connectivity index (χ3v) is 11.2. The summed E-state index contributed by atoms with van der Waals surface area (Å²) in [5.41, 5.74) is 0.747. The smallest absolute Gasteiger partial charge is 0.327 e. The number of nitrogens with zero attached hydrogens (tertiary/aromatic N) is 1. The van der Waals surface area contributed by atoms with Crippen LogP contribution in [0.3, 0.4) is 0 Å². The van der Waals surface area contributed by atoms with Crippen molar-refractivity contribution in [3.63, 3.8) is 0 Å². The van der Waals surface area contributed by atoms with Crippen molar-refractivity contribution in [3.8, 4) is 0 Å². The van der Waals surface area contributed by atoms with Crippen molar-refractivity contribution in [1.29, 1.82) is 0 Å². The molecular weight excluding hydrogens is 775 g/mol. The molecule has 15 nitrogen and oxygen atoms in total. The summed E-state index contributed by atoms with van der Waals surface area (Å²) in [4.78, 5) is 61.3. The van der Waals surface area contributed by atoms with Crippen LogP contribution >= 0.6 is 0 Å². The average molecular weight is 828 g/mol. The molecule has 7 atom stereocenters. The normalized spacial score (nSPS) is 25.9. The van der Waals surface area contributed by atoms with Crippen molar-refractivity contribution in [2.24, 2.45) is 5.41 Å². The number of amides is 2. The van der Waals surface area contributed by atoms with Gasteiger partial charge in [0.05, 0.1) is 32.1 Å². The van der Waals surface area contributed by atoms with Crippen LogP contribution in [0, 0.1) is 5.41 Å². The zero-order chi connectivity index (χ0) is 42.5. The minimum absolute atomic E-state index is 0.000602. The summed E-state index contributed by atoms with van der Waals surface area (Å²) >= 11 is 0. The molecule has 2 amide bonds. The Morgan fingerprint density at radius 2 is 1.60 bits per heavy atom. The Kier molecular flexibility index (Phi) is 13.0. The predicted molar refractivity (Wildman–Crippen MR) is 215 cm³/mol. The lowest BCUT2D eigenvalue weighted by atomic mass is 9.62. The number of ether oxygens (including phenoxy) is 5. The first-order chi connectivity index (χ1) is 28.9. The minimum atomic E-state index is -1.53.